The first-order chi connectivity index (χ1) is 12.5. The average Bonchev–Trinajstić information content (AvgIpc) is 3.01. The van der Waals surface area contributed by atoms with Crippen molar-refractivity contribution < 1.29 is 32.6 Å². The minimum atomic E-state index is -2.90. The Morgan fingerprint density at radius 1 is 1.15 bits per heavy atom. The molecular formula is C18H15F2NO5. The van der Waals surface area contributed by atoms with Crippen LogP contribution in [0, 0.1) is 0 Å². The minimum absolute atomic E-state index is 0.0259. The van der Waals surface area contributed by atoms with Gasteiger partial charge in [0.1, 0.15) is 5.75 Å². The van der Waals surface area contributed by atoms with E-state index < -0.39 is 24.7 Å². The first-order valence-corrected chi connectivity index (χ1v) is 7.81. The van der Waals surface area contributed by atoms with Crippen molar-refractivity contribution in [2.75, 3.05) is 11.9 Å². The number of cyclic esters (lactones) is 1. The number of nitrogens with one attached hydrogen (secondary N) is 1. The molecular weight excluding hydrogens is 348 g/mol. The average molecular weight is 363 g/mol. The highest BCUT2D eigenvalue weighted by Crippen LogP contribution is 2.25. The van der Waals surface area contributed by atoms with E-state index in [-0.39, 0.29) is 17.9 Å². The van der Waals surface area contributed by atoms with Gasteiger partial charge in [-0.25, -0.2) is 9.59 Å². The molecule has 1 aliphatic rings. The second-order valence-electron chi connectivity index (χ2n) is 5.42. The number of para-hydroxylation sites is 1. The van der Waals surface area contributed by atoms with Gasteiger partial charge in [-0.15, -0.1) is 0 Å². The predicted molar refractivity (Wildman–Crippen MR) is 87.6 cm³/mol. The number of carbonyl (C=O) groups is 2. The van der Waals surface area contributed by atoms with Crippen LogP contribution in [0.25, 0.3) is 0 Å². The molecule has 0 bridgehead atoms. The van der Waals surface area contributed by atoms with Gasteiger partial charge < -0.3 is 19.5 Å². The number of esters is 2. The summed E-state index contributed by atoms with van der Waals surface area (Å²) in [5, 5.41) is 3.01. The molecule has 136 valence electrons. The molecule has 26 heavy (non-hydrogen) atoms. The van der Waals surface area contributed by atoms with Gasteiger partial charge in [-0.1, -0.05) is 12.1 Å². The first kappa shape index (κ1) is 17.7. The molecule has 1 aliphatic heterocycles. The van der Waals surface area contributed by atoms with Crippen LogP contribution in [0.3, 0.4) is 0 Å². The Bertz CT molecular complexity index is 794. The maximum atomic E-state index is 12.4. The lowest BCUT2D eigenvalue weighted by molar-refractivity contribution is -0.145. The number of hydrogen-bond donors (Lipinski definition) is 1. The molecule has 0 radical (unpaired) electrons. The molecule has 0 spiro atoms. The van der Waals surface area contributed by atoms with Gasteiger partial charge in [-0.2, -0.15) is 8.78 Å². The third-order valence-electron chi connectivity index (χ3n) is 3.64. The van der Waals surface area contributed by atoms with Gasteiger partial charge in [0, 0.05) is 12.1 Å². The van der Waals surface area contributed by atoms with Crippen molar-refractivity contribution in [1.82, 2.24) is 0 Å². The molecule has 1 fully saturated rings. The van der Waals surface area contributed by atoms with Crippen LogP contribution in [0.15, 0.2) is 48.5 Å². The minimum Gasteiger partial charge on any atom is -0.463 e. The number of ether oxygens (including phenoxy) is 3. The summed E-state index contributed by atoms with van der Waals surface area (Å²) in [5.74, 6) is -1.19. The second kappa shape index (κ2) is 7.81. The molecule has 3 rings (SSSR count). The molecule has 1 atom stereocenters. The molecule has 2 aromatic carbocycles. The van der Waals surface area contributed by atoms with Crippen molar-refractivity contribution in [2.24, 2.45) is 0 Å². The van der Waals surface area contributed by atoms with E-state index in [2.05, 4.69) is 10.1 Å². The zero-order valence-electron chi connectivity index (χ0n) is 13.5. The van der Waals surface area contributed by atoms with Crippen LogP contribution in [-0.4, -0.2) is 31.3 Å². The van der Waals surface area contributed by atoms with Crippen LogP contribution in [0.1, 0.15) is 16.8 Å². The first-order valence-electron chi connectivity index (χ1n) is 7.81. The molecule has 2 aromatic rings. The summed E-state index contributed by atoms with van der Waals surface area (Å²) in [4.78, 5) is 23.8. The van der Waals surface area contributed by atoms with Gasteiger partial charge in [0.15, 0.2) is 0 Å². The van der Waals surface area contributed by atoms with E-state index in [1.807, 2.05) is 0 Å². The smallest absolute Gasteiger partial charge is 0.387 e. The standard InChI is InChI=1S/C18H15F2NO5/c19-18(20)25-12-7-5-11(6-8-12)21-14-4-2-1-3-13(14)16(22)26-15-9-10-24-17(15)23/h1-8,15,18,21H,9-10H2/t15-/m0/s1. The topological polar surface area (TPSA) is 73.9 Å². The van der Waals surface area contributed by atoms with E-state index in [1.54, 1.807) is 24.3 Å². The molecule has 0 aromatic heterocycles. The Kier molecular flexibility index (Phi) is 5.31. The molecule has 1 saturated heterocycles. The molecule has 0 unspecified atom stereocenters. The third-order valence-corrected chi connectivity index (χ3v) is 3.64. The van der Waals surface area contributed by atoms with Crippen molar-refractivity contribution >= 4 is 23.3 Å². The lowest BCUT2D eigenvalue weighted by atomic mass is 10.1. The zero-order valence-corrected chi connectivity index (χ0v) is 13.5. The fraction of sp³-hybridized carbons (Fsp3) is 0.222. The Morgan fingerprint density at radius 2 is 1.88 bits per heavy atom. The summed E-state index contributed by atoms with van der Waals surface area (Å²) in [5.41, 5.74) is 1.25. The van der Waals surface area contributed by atoms with Crippen LogP contribution in [0.5, 0.6) is 5.75 Å². The molecule has 1 heterocycles. The SMILES string of the molecule is O=C(O[C@H]1CCOC1=O)c1ccccc1Nc1ccc(OC(F)F)cc1. The predicted octanol–water partition coefficient (Wildman–Crippen LogP) is 3.50. The van der Waals surface area contributed by atoms with E-state index >= 15 is 0 Å². The fourth-order valence-corrected chi connectivity index (χ4v) is 2.42. The Labute approximate surface area is 147 Å². The van der Waals surface area contributed by atoms with E-state index in [0.29, 0.717) is 17.8 Å². The number of hydrogen-bond acceptors (Lipinski definition) is 6. The van der Waals surface area contributed by atoms with Gasteiger partial charge in [0.2, 0.25) is 6.10 Å². The molecule has 8 heteroatoms. The van der Waals surface area contributed by atoms with Gasteiger partial charge >= 0.3 is 18.6 Å². The quantitative estimate of drug-likeness (QED) is 0.792. The van der Waals surface area contributed by atoms with Gasteiger partial charge in [0.25, 0.3) is 0 Å². The van der Waals surface area contributed by atoms with E-state index in [1.165, 1.54) is 24.3 Å². The van der Waals surface area contributed by atoms with Gasteiger partial charge in [-0.05, 0) is 36.4 Å². The highest BCUT2D eigenvalue weighted by Gasteiger charge is 2.31. The largest absolute Gasteiger partial charge is 0.463 e. The number of alkyl halides is 2. The second-order valence-corrected chi connectivity index (χ2v) is 5.42. The maximum Gasteiger partial charge on any atom is 0.387 e. The lowest BCUT2D eigenvalue weighted by Gasteiger charge is -2.13. The number of benzene rings is 2. The summed E-state index contributed by atoms with van der Waals surface area (Å²) >= 11 is 0. The van der Waals surface area contributed by atoms with Gasteiger partial charge in [0.05, 0.1) is 17.9 Å². The van der Waals surface area contributed by atoms with Crippen molar-refractivity contribution in [1.29, 1.82) is 0 Å². The summed E-state index contributed by atoms with van der Waals surface area (Å²) in [6.07, 6.45) is -0.576. The summed E-state index contributed by atoms with van der Waals surface area (Å²) in [7, 11) is 0. The van der Waals surface area contributed by atoms with E-state index in [0.717, 1.165) is 0 Å². The van der Waals surface area contributed by atoms with Crippen LogP contribution in [0.4, 0.5) is 20.2 Å². The Hall–Kier alpha value is -3.16. The van der Waals surface area contributed by atoms with E-state index in [4.69, 9.17) is 9.47 Å². The molecule has 0 saturated carbocycles. The van der Waals surface area contributed by atoms with Gasteiger partial charge in [-0.3, -0.25) is 0 Å². The van der Waals surface area contributed by atoms with E-state index in [9.17, 15) is 18.4 Å². The molecule has 1 N–H and O–H groups in total. The lowest BCUT2D eigenvalue weighted by Crippen LogP contribution is -2.23. The van der Waals surface area contributed by atoms with Crippen molar-refractivity contribution in [3.8, 4) is 5.75 Å². The van der Waals surface area contributed by atoms with Crippen LogP contribution in [-0.2, 0) is 14.3 Å². The Morgan fingerprint density at radius 3 is 2.54 bits per heavy atom. The monoisotopic (exact) mass is 363 g/mol. The normalized spacial score (nSPS) is 16.3. The maximum absolute atomic E-state index is 12.4. The fourth-order valence-electron chi connectivity index (χ4n) is 2.42. The number of halogens is 2. The van der Waals surface area contributed by atoms with Crippen molar-refractivity contribution in [2.45, 2.75) is 19.1 Å². The molecule has 6 nitrogen and oxygen atoms in total. The summed E-state index contributed by atoms with van der Waals surface area (Å²) < 4.78 is 38.6. The highest BCUT2D eigenvalue weighted by molar-refractivity contribution is 5.97. The number of anilines is 2. The van der Waals surface area contributed by atoms with Crippen LogP contribution >= 0.6 is 0 Å². The number of rotatable bonds is 6. The summed E-state index contributed by atoms with van der Waals surface area (Å²) in [6, 6.07) is 12.4. The molecule has 0 aliphatic carbocycles. The van der Waals surface area contributed by atoms with Crippen molar-refractivity contribution in [3.63, 3.8) is 0 Å². The van der Waals surface area contributed by atoms with Crippen molar-refractivity contribution in [3.05, 3.63) is 54.1 Å². The zero-order chi connectivity index (χ0) is 18.5. The summed E-state index contributed by atoms with van der Waals surface area (Å²) in [6.45, 7) is -2.67. The molecule has 0 amide bonds. The Balaban J connectivity index is 1.72. The van der Waals surface area contributed by atoms with Crippen LogP contribution < -0.4 is 10.1 Å². The number of carbonyl (C=O) groups excluding carboxylic acids is 2. The third kappa shape index (κ3) is 4.27. The van der Waals surface area contributed by atoms with Crippen LogP contribution in [0.2, 0.25) is 0 Å². The highest BCUT2D eigenvalue weighted by atomic mass is 19.3.